The summed E-state index contributed by atoms with van der Waals surface area (Å²) in [7, 11) is 5.62. The van der Waals surface area contributed by atoms with Crippen LogP contribution in [0.5, 0.6) is 0 Å². The van der Waals surface area contributed by atoms with Crippen molar-refractivity contribution in [2.24, 2.45) is 0 Å². The number of hydrogen-bond donors (Lipinski definition) is 0. The standard InChI is InChI=1S/C11H23N3O2/c1-12(6-4-8-13(2)10-15)7-5-9-14(3)11-16/h10-11H,4-9H2,1-3H3. The first-order valence-corrected chi connectivity index (χ1v) is 5.59. The van der Waals surface area contributed by atoms with Gasteiger partial charge in [0.2, 0.25) is 12.8 Å². The molecule has 0 atom stereocenters. The molecule has 0 bridgehead atoms. The van der Waals surface area contributed by atoms with Crippen LogP contribution in [0.3, 0.4) is 0 Å². The molecular weight excluding hydrogens is 206 g/mol. The van der Waals surface area contributed by atoms with Gasteiger partial charge in [-0.3, -0.25) is 9.59 Å². The Morgan fingerprint density at radius 3 is 1.44 bits per heavy atom. The van der Waals surface area contributed by atoms with Crippen molar-refractivity contribution in [3.05, 3.63) is 0 Å². The third kappa shape index (κ3) is 8.23. The number of nitrogens with zero attached hydrogens (tertiary/aromatic N) is 3. The molecule has 0 unspecified atom stereocenters. The van der Waals surface area contributed by atoms with E-state index in [0.29, 0.717) is 0 Å². The zero-order chi connectivity index (χ0) is 12.4. The predicted octanol–water partition coefficient (Wildman–Crippen LogP) is -0.125. The summed E-state index contributed by atoms with van der Waals surface area (Å²) in [4.78, 5) is 26.2. The highest BCUT2D eigenvalue weighted by atomic mass is 16.1. The normalized spacial score (nSPS) is 10.2. The summed E-state index contributed by atoms with van der Waals surface area (Å²) in [6.45, 7) is 3.54. The molecule has 94 valence electrons. The summed E-state index contributed by atoms with van der Waals surface area (Å²) in [5, 5.41) is 0. The summed E-state index contributed by atoms with van der Waals surface area (Å²) in [5.41, 5.74) is 0. The Kier molecular flexibility index (Phi) is 8.52. The van der Waals surface area contributed by atoms with Crippen LogP contribution in [-0.4, -0.2) is 74.8 Å². The first kappa shape index (κ1) is 14.9. The number of amides is 2. The Morgan fingerprint density at radius 2 is 1.12 bits per heavy atom. The summed E-state index contributed by atoms with van der Waals surface area (Å²) < 4.78 is 0. The number of rotatable bonds is 10. The van der Waals surface area contributed by atoms with Crippen LogP contribution in [0.15, 0.2) is 0 Å². The van der Waals surface area contributed by atoms with Gasteiger partial charge in [0.15, 0.2) is 0 Å². The van der Waals surface area contributed by atoms with Crippen molar-refractivity contribution in [2.75, 3.05) is 47.3 Å². The van der Waals surface area contributed by atoms with Crippen molar-refractivity contribution < 1.29 is 9.59 Å². The molecule has 5 nitrogen and oxygen atoms in total. The van der Waals surface area contributed by atoms with Crippen LogP contribution < -0.4 is 0 Å². The van der Waals surface area contributed by atoms with Gasteiger partial charge in [-0.2, -0.15) is 0 Å². The molecule has 0 aromatic heterocycles. The molecule has 2 amide bonds. The van der Waals surface area contributed by atoms with E-state index in [1.54, 1.807) is 23.9 Å². The first-order valence-electron chi connectivity index (χ1n) is 5.59. The molecule has 0 fully saturated rings. The first-order chi connectivity index (χ1) is 7.60. The van der Waals surface area contributed by atoms with Crippen molar-refractivity contribution in [2.45, 2.75) is 12.8 Å². The molecule has 0 rings (SSSR count). The molecule has 0 spiro atoms. The Morgan fingerprint density at radius 1 is 0.750 bits per heavy atom. The number of hydrogen-bond acceptors (Lipinski definition) is 3. The molecule has 0 radical (unpaired) electrons. The van der Waals surface area contributed by atoms with Crippen LogP contribution >= 0.6 is 0 Å². The number of carbonyl (C=O) groups is 2. The van der Waals surface area contributed by atoms with Crippen molar-refractivity contribution in [3.8, 4) is 0 Å². The Balaban J connectivity index is 3.40. The topological polar surface area (TPSA) is 43.9 Å². The maximum absolute atomic E-state index is 10.3. The molecule has 0 heterocycles. The predicted molar refractivity (Wildman–Crippen MR) is 64.1 cm³/mol. The maximum Gasteiger partial charge on any atom is 0.209 e. The Bertz CT molecular complexity index is 180. The van der Waals surface area contributed by atoms with Gasteiger partial charge in [-0.05, 0) is 33.0 Å². The minimum Gasteiger partial charge on any atom is -0.348 e. The van der Waals surface area contributed by atoms with Gasteiger partial charge in [0.1, 0.15) is 0 Å². The van der Waals surface area contributed by atoms with Crippen LogP contribution in [0.1, 0.15) is 12.8 Å². The van der Waals surface area contributed by atoms with E-state index in [2.05, 4.69) is 11.9 Å². The van der Waals surface area contributed by atoms with Crippen molar-refractivity contribution in [3.63, 3.8) is 0 Å². The third-order valence-corrected chi connectivity index (χ3v) is 2.46. The molecule has 0 aliphatic heterocycles. The van der Waals surface area contributed by atoms with E-state index in [-0.39, 0.29) is 0 Å². The fraction of sp³-hybridized carbons (Fsp3) is 0.818. The lowest BCUT2D eigenvalue weighted by Crippen LogP contribution is -2.28. The lowest BCUT2D eigenvalue weighted by Gasteiger charge is -2.19. The third-order valence-electron chi connectivity index (χ3n) is 2.46. The Labute approximate surface area is 98.0 Å². The summed E-state index contributed by atoms with van der Waals surface area (Å²) >= 11 is 0. The van der Waals surface area contributed by atoms with Gasteiger partial charge in [0.25, 0.3) is 0 Å². The van der Waals surface area contributed by atoms with Crippen LogP contribution in [0.4, 0.5) is 0 Å². The molecule has 0 aromatic carbocycles. The summed E-state index contributed by atoms with van der Waals surface area (Å²) in [5.74, 6) is 0. The molecule has 0 aliphatic rings. The van der Waals surface area contributed by atoms with Gasteiger partial charge < -0.3 is 14.7 Å². The fourth-order valence-corrected chi connectivity index (χ4v) is 1.40. The number of carbonyl (C=O) groups excluding carboxylic acids is 2. The quantitative estimate of drug-likeness (QED) is 0.490. The highest BCUT2D eigenvalue weighted by molar-refractivity contribution is 5.46. The maximum atomic E-state index is 10.3. The second-order valence-electron chi connectivity index (χ2n) is 4.18. The van der Waals surface area contributed by atoms with Gasteiger partial charge >= 0.3 is 0 Å². The summed E-state index contributed by atoms with van der Waals surface area (Å²) in [6, 6.07) is 0. The minimum absolute atomic E-state index is 0.794. The molecule has 0 saturated carbocycles. The fourth-order valence-electron chi connectivity index (χ4n) is 1.40. The monoisotopic (exact) mass is 229 g/mol. The van der Waals surface area contributed by atoms with Gasteiger partial charge in [-0.1, -0.05) is 0 Å². The zero-order valence-corrected chi connectivity index (χ0v) is 10.6. The smallest absolute Gasteiger partial charge is 0.209 e. The van der Waals surface area contributed by atoms with E-state index in [1.807, 2.05) is 0 Å². The van der Waals surface area contributed by atoms with Gasteiger partial charge in [-0.15, -0.1) is 0 Å². The molecule has 5 heteroatoms. The molecule has 0 N–H and O–H groups in total. The van der Waals surface area contributed by atoms with E-state index in [0.717, 1.165) is 51.8 Å². The SMILES string of the molecule is CN(C=O)CCCN(C)CCCN(C)C=O. The molecular formula is C11H23N3O2. The second-order valence-corrected chi connectivity index (χ2v) is 4.18. The van der Waals surface area contributed by atoms with Gasteiger partial charge in [-0.25, -0.2) is 0 Å². The Hall–Kier alpha value is -1.10. The van der Waals surface area contributed by atoms with Crippen molar-refractivity contribution in [1.82, 2.24) is 14.7 Å². The molecule has 0 aliphatic carbocycles. The molecule has 16 heavy (non-hydrogen) atoms. The second kappa shape index (κ2) is 9.15. The van der Waals surface area contributed by atoms with E-state index in [9.17, 15) is 9.59 Å². The van der Waals surface area contributed by atoms with Gasteiger partial charge in [0.05, 0.1) is 0 Å². The minimum atomic E-state index is 0.794. The zero-order valence-electron chi connectivity index (χ0n) is 10.6. The highest BCUT2D eigenvalue weighted by Gasteiger charge is 2.00. The lowest BCUT2D eigenvalue weighted by molar-refractivity contribution is -0.117. The van der Waals surface area contributed by atoms with Crippen molar-refractivity contribution in [1.29, 1.82) is 0 Å². The van der Waals surface area contributed by atoms with Crippen molar-refractivity contribution >= 4 is 12.8 Å². The van der Waals surface area contributed by atoms with Crippen LogP contribution in [-0.2, 0) is 9.59 Å². The molecule has 0 aromatic rings. The van der Waals surface area contributed by atoms with Crippen LogP contribution in [0.25, 0.3) is 0 Å². The highest BCUT2D eigenvalue weighted by Crippen LogP contribution is 1.93. The van der Waals surface area contributed by atoms with Crippen LogP contribution in [0.2, 0.25) is 0 Å². The molecule has 0 saturated heterocycles. The average molecular weight is 229 g/mol. The van der Waals surface area contributed by atoms with E-state index < -0.39 is 0 Å². The van der Waals surface area contributed by atoms with Gasteiger partial charge in [0, 0.05) is 27.2 Å². The van der Waals surface area contributed by atoms with E-state index >= 15 is 0 Å². The van der Waals surface area contributed by atoms with E-state index in [1.165, 1.54) is 0 Å². The lowest BCUT2D eigenvalue weighted by atomic mass is 10.3. The van der Waals surface area contributed by atoms with E-state index in [4.69, 9.17) is 0 Å². The average Bonchev–Trinajstić information content (AvgIpc) is 2.28. The largest absolute Gasteiger partial charge is 0.348 e. The van der Waals surface area contributed by atoms with Crippen LogP contribution in [0, 0.1) is 0 Å². The summed E-state index contributed by atoms with van der Waals surface area (Å²) in [6.07, 6.45) is 3.66.